The van der Waals surface area contributed by atoms with Crippen LogP contribution in [0.25, 0.3) is 11.1 Å². The van der Waals surface area contributed by atoms with Gasteiger partial charge in [-0.05, 0) is 73.0 Å². The predicted molar refractivity (Wildman–Crippen MR) is 118 cm³/mol. The number of carbonyl (C=O) groups excluding carboxylic acids is 1. The average Bonchev–Trinajstić information content (AvgIpc) is 2.78. The van der Waals surface area contributed by atoms with Crippen molar-refractivity contribution >= 4 is 11.7 Å². The lowest BCUT2D eigenvalue weighted by Gasteiger charge is -2.11. The molecule has 2 heterocycles. The number of benzene rings is 2. The fourth-order valence-corrected chi connectivity index (χ4v) is 3.17. The van der Waals surface area contributed by atoms with Crippen molar-refractivity contribution in [2.45, 2.75) is 13.8 Å². The Balaban J connectivity index is 1.53. The molecule has 4 rings (SSSR count). The Labute approximate surface area is 179 Å². The molecular weight excluding hydrogens is 393 g/mol. The van der Waals surface area contributed by atoms with E-state index in [9.17, 15) is 9.18 Å². The summed E-state index contributed by atoms with van der Waals surface area (Å²) in [6.45, 7) is 3.58. The molecule has 1 amide bonds. The number of pyridine rings is 2. The molecule has 0 aliphatic carbocycles. The highest BCUT2D eigenvalue weighted by atomic mass is 19.1. The van der Waals surface area contributed by atoms with Crippen LogP contribution in [0.5, 0.6) is 11.6 Å². The van der Waals surface area contributed by atoms with Crippen molar-refractivity contribution in [1.82, 2.24) is 9.97 Å². The third-order valence-corrected chi connectivity index (χ3v) is 4.90. The average molecular weight is 413 g/mol. The van der Waals surface area contributed by atoms with Gasteiger partial charge in [-0.1, -0.05) is 18.2 Å². The normalized spacial score (nSPS) is 10.5. The summed E-state index contributed by atoms with van der Waals surface area (Å²) in [5.41, 5.74) is 3.48. The standard InChI is InChI=1S/C25H20FN3O2/c1-16-9-11-19(31-24-8-3-4-13-27-24)14-21(16)18-10-12-23(28-15-18)29-25(30)20-6-5-7-22(26)17(20)2/h3-15H,1-2H3,(H,28,29,30). The highest BCUT2D eigenvalue weighted by molar-refractivity contribution is 6.04. The van der Waals surface area contributed by atoms with Gasteiger partial charge >= 0.3 is 0 Å². The van der Waals surface area contributed by atoms with Crippen molar-refractivity contribution in [3.05, 3.63) is 102 Å². The second kappa shape index (κ2) is 8.75. The van der Waals surface area contributed by atoms with E-state index in [1.807, 2.05) is 43.3 Å². The minimum absolute atomic E-state index is 0.279. The molecule has 0 saturated carbocycles. The minimum Gasteiger partial charge on any atom is -0.439 e. The molecule has 4 aromatic rings. The number of anilines is 1. The van der Waals surface area contributed by atoms with Crippen molar-refractivity contribution < 1.29 is 13.9 Å². The number of nitrogens with one attached hydrogen (secondary N) is 1. The molecule has 0 unspecified atom stereocenters. The summed E-state index contributed by atoms with van der Waals surface area (Å²) in [6.07, 6.45) is 3.35. The molecule has 0 saturated heterocycles. The van der Waals surface area contributed by atoms with Crippen LogP contribution in [0.3, 0.4) is 0 Å². The Bertz CT molecular complexity index is 1230. The number of ether oxygens (including phenoxy) is 1. The third-order valence-electron chi connectivity index (χ3n) is 4.90. The van der Waals surface area contributed by atoms with Gasteiger partial charge in [0, 0.05) is 29.6 Å². The van der Waals surface area contributed by atoms with Gasteiger partial charge in [0.1, 0.15) is 17.4 Å². The van der Waals surface area contributed by atoms with E-state index in [-0.39, 0.29) is 5.56 Å². The van der Waals surface area contributed by atoms with Gasteiger partial charge in [0.25, 0.3) is 5.91 Å². The molecule has 0 radical (unpaired) electrons. The number of rotatable bonds is 5. The largest absolute Gasteiger partial charge is 0.439 e. The first kappa shape index (κ1) is 20.2. The summed E-state index contributed by atoms with van der Waals surface area (Å²) in [4.78, 5) is 21.0. The molecule has 154 valence electrons. The van der Waals surface area contributed by atoms with E-state index in [1.165, 1.54) is 12.1 Å². The first-order valence-electron chi connectivity index (χ1n) is 9.74. The SMILES string of the molecule is Cc1ccc(Oc2ccccn2)cc1-c1ccc(NC(=O)c2cccc(F)c2C)nc1. The summed E-state index contributed by atoms with van der Waals surface area (Å²) in [6, 6.07) is 19.3. The molecule has 0 spiro atoms. The molecular formula is C25H20FN3O2. The van der Waals surface area contributed by atoms with Gasteiger partial charge in [-0.2, -0.15) is 0 Å². The molecule has 0 aliphatic rings. The van der Waals surface area contributed by atoms with E-state index in [1.54, 1.807) is 37.5 Å². The first-order chi connectivity index (χ1) is 15.0. The fourth-order valence-electron chi connectivity index (χ4n) is 3.17. The Morgan fingerprint density at radius 1 is 0.968 bits per heavy atom. The second-order valence-corrected chi connectivity index (χ2v) is 7.05. The third kappa shape index (κ3) is 4.59. The van der Waals surface area contributed by atoms with Gasteiger partial charge in [-0.15, -0.1) is 0 Å². The number of carbonyl (C=O) groups is 1. The summed E-state index contributed by atoms with van der Waals surface area (Å²) >= 11 is 0. The molecule has 5 nitrogen and oxygen atoms in total. The Morgan fingerprint density at radius 3 is 2.58 bits per heavy atom. The van der Waals surface area contributed by atoms with Crippen LogP contribution in [0.15, 0.2) is 79.1 Å². The van der Waals surface area contributed by atoms with Crippen LogP contribution >= 0.6 is 0 Å². The van der Waals surface area contributed by atoms with E-state index >= 15 is 0 Å². The van der Waals surface area contributed by atoms with Crippen molar-refractivity contribution in [1.29, 1.82) is 0 Å². The number of hydrogen-bond donors (Lipinski definition) is 1. The van der Waals surface area contributed by atoms with Crippen molar-refractivity contribution in [2.75, 3.05) is 5.32 Å². The van der Waals surface area contributed by atoms with Crippen LogP contribution in [0.1, 0.15) is 21.5 Å². The van der Waals surface area contributed by atoms with E-state index in [4.69, 9.17) is 4.74 Å². The maximum Gasteiger partial charge on any atom is 0.257 e. The summed E-state index contributed by atoms with van der Waals surface area (Å²) in [5.74, 6) is 0.744. The van der Waals surface area contributed by atoms with E-state index < -0.39 is 11.7 Å². The number of aryl methyl sites for hydroxylation is 1. The zero-order chi connectivity index (χ0) is 21.8. The molecule has 2 aromatic carbocycles. The van der Waals surface area contributed by atoms with Crippen molar-refractivity contribution in [3.63, 3.8) is 0 Å². The van der Waals surface area contributed by atoms with Gasteiger partial charge in [-0.3, -0.25) is 4.79 Å². The minimum atomic E-state index is -0.417. The number of nitrogens with zero attached hydrogens (tertiary/aromatic N) is 2. The van der Waals surface area contributed by atoms with Crippen LogP contribution in [-0.4, -0.2) is 15.9 Å². The van der Waals surface area contributed by atoms with Crippen LogP contribution in [0.2, 0.25) is 0 Å². The van der Waals surface area contributed by atoms with Gasteiger partial charge in [0.15, 0.2) is 0 Å². The van der Waals surface area contributed by atoms with Gasteiger partial charge < -0.3 is 10.1 Å². The molecule has 6 heteroatoms. The number of halogens is 1. The van der Waals surface area contributed by atoms with E-state index in [0.717, 1.165) is 16.7 Å². The van der Waals surface area contributed by atoms with E-state index in [0.29, 0.717) is 23.0 Å². The molecule has 0 aliphatic heterocycles. The van der Waals surface area contributed by atoms with Crippen LogP contribution in [-0.2, 0) is 0 Å². The maximum atomic E-state index is 13.7. The monoisotopic (exact) mass is 413 g/mol. The number of amides is 1. The van der Waals surface area contributed by atoms with Crippen LogP contribution in [0.4, 0.5) is 10.2 Å². The highest BCUT2D eigenvalue weighted by Gasteiger charge is 2.13. The molecule has 0 bridgehead atoms. The molecule has 1 N–H and O–H groups in total. The predicted octanol–water partition coefficient (Wildman–Crippen LogP) is 5.94. The lowest BCUT2D eigenvalue weighted by molar-refractivity contribution is 0.102. The number of aromatic nitrogens is 2. The van der Waals surface area contributed by atoms with Crippen molar-refractivity contribution in [3.8, 4) is 22.8 Å². The Hall–Kier alpha value is -4.06. The lowest BCUT2D eigenvalue weighted by Crippen LogP contribution is -2.14. The quantitative estimate of drug-likeness (QED) is 0.439. The highest BCUT2D eigenvalue weighted by Crippen LogP contribution is 2.30. The van der Waals surface area contributed by atoms with E-state index in [2.05, 4.69) is 15.3 Å². The first-order valence-corrected chi connectivity index (χ1v) is 9.74. The summed E-state index contributed by atoms with van der Waals surface area (Å²) < 4.78 is 19.5. The molecule has 0 fully saturated rings. The van der Waals surface area contributed by atoms with Gasteiger partial charge in [-0.25, -0.2) is 14.4 Å². The molecule has 0 atom stereocenters. The van der Waals surface area contributed by atoms with Crippen LogP contribution < -0.4 is 10.1 Å². The maximum absolute atomic E-state index is 13.7. The zero-order valence-electron chi connectivity index (χ0n) is 17.1. The Kier molecular flexibility index (Phi) is 5.71. The summed E-state index contributed by atoms with van der Waals surface area (Å²) in [7, 11) is 0. The zero-order valence-corrected chi connectivity index (χ0v) is 17.1. The smallest absolute Gasteiger partial charge is 0.257 e. The van der Waals surface area contributed by atoms with Gasteiger partial charge in [0.05, 0.1) is 0 Å². The summed E-state index contributed by atoms with van der Waals surface area (Å²) in [5, 5.41) is 2.71. The lowest BCUT2D eigenvalue weighted by atomic mass is 10.0. The molecule has 2 aromatic heterocycles. The fraction of sp³-hybridized carbons (Fsp3) is 0.0800. The Morgan fingerprint density at radius 2 is 1.84 bits per heavy atom. The topological polar surface area (TPSA) is 64.1 Å². The second-order valence-electron chi connectivity index (χ2n) is 7.05. The van der Waals surface area contributed by atoms with Crippen LogP contribution in [0, 0.1) is 19.7 Å². The van der Waals surface area contributed by atoms with Crippen molar-refractivity contribution in [2.24, 2.45) is 0 Å². The number of hydrogen-bond acceptors (Lipinski definition) is 4. The van der Waals surface area contributed by atoms with Gasteiger partial charge in [0.2, 0.25) is 5.88 Å². The molecule has 31 heavy (non-hydrogen) atoms.